The van der Waals surface area contributed by atoms with Crippen LogP contribution in [0.1, 0.15) is 32.1 Å². The second kappa shape index (κ2) is 3.94. The lowest BCUT2D eigenvalue weighted by Gasteiger charge is -2.19. The minimum Gasteiger partial charge on any atom is -0.374 e. The molecule has 0 aromatic rings. The van der Waals surface area contributed by atoms with Gasteiger partial charge in [-0.1, -0.05) is 38.4 Å². The molecule has 1 saturated carbocycles. The van der Waals surface area contributed by atoms with Crippen LogP contribution >= 0.6 is 0 Å². The summed E-state index contributed by atoms with van der Waals surface area (Å²) in [7, 11) is 1.82. The highest BCUT2D eigenvalue weighted by Gasteiger charge is 2.11. The van der Waals surface area contributed by atoms with Gasteiger partial charge in [0, 0.05) is 0 Å². The molecule has 1 fully saturated rings. The van der Waals surface area contributed by atoms with E-state index in [0.29, 0.717) is 0 Å². The summed E-state index contributed by atoms with van der Waals surface area (Å²) in [6.45, 7) is 0. The number of rotatable bonds is 2. The molecule has 0 aliphatic heterocycles. The van der Waals surface area contributed by atoms with Crippen LogP contribution in [0.15, 0.2) is 0 Å². The first-order chi connectivity index (χ1) is 4.43. The number of nitrogens with two attached hydrogens (primary N) is 1. The fraction of sp³-hybridized carbons (Fsp3) is 1.00. The highest BCUT2D eigenvalue weighted by molar-refractivity contribution is 6.30. The molecule has 0 unspecified atom stereocenters. The smallest absolute Gasteiger partial charge is 0.202 e. The van der Waals surface area contributed by atoms with E-state index in [9.17, 15) is 0 Å². The molecule has 0 saturated heterocycles. The van der Waals surface area contributed by atoms with E-state index >= 15 is 0 Å². The van der Waals surface area contributed by atoms with Crippen LogP contribution in [-0.4, -0.2) is 7.41 Å². The Balaban J connectivity index is 2.08. The molecule has 51 valence electrons. The van der Waals surface area contributed by atoms with Gasteiger partial charge >= 0.3 is 0 Å². The summed E-state index contributed by atoms with van der Waals surface area (Å²) in [5, 5.41) is 0. The highest BCUT2D eigenvalue weighted by atomic mass is 14.4. The van der Waals surface area contributed by atoms with Crippen LogP contribution in [-0.2, 0) is 0 Å². The maximum absolute atomic E-state index is 5.33. The van der Waals surface area contributed by atoms with E-state index in [1.165, 1.54) is 32.1 Å². The van der Waals surface area contributed by atoms with Gasteiger partial charge in [-0.05, 0) is 5.92 Å². The van der Waals surface area contributed by atoms with Crippen LogP contribution in [0.25, 0.3) is 0 Å². The van der Waals surface area contributed by atoms with E-state index in [0.717, 1.165) is 12.2 Å². The maximum Gasteiger partial charge on any atom is 0.202 e. The third-order valence-electron chi connectivity index (χ3n) is 2.19. The Morgan fingerprint density at radius 3 is 2.44 bits per heavy atom. The van der Waals surface area contributed by atoms with Crippen molar-refractivity contribution >= 4 is 7.41 Å². The summed E-state index contributed by atoms with van der Waals surface area (Å²) < 4.78 is 0. The quantitative estimate of drug-likeness (QED) is 0.555. The van der Waals surface area contributed by atoms with Crippen LogP contribution in [0, 0.1) is 5.92 Å². The van der Waals surface area contributed by atoms with E-state index < -0.39 is 0 Å². The molecular formula is C7H15BN. The molecule has 0 spiro atoms. The van der Waals surface area contributed by atoms with Gasteiger partial charge in [0.2, 0.25) is 7.41 Å². The molecular weight excluding hydrogens is 109 g/mol. The molecule has 1 nitrogen and oxygen atoms in total. The molecule has 1 rings (SSSR count). The Hall–Kier alpha value is 0.0249. The zero-order valence-electron chi connectivity index (χ0n) is 5.97. The van der Waals surface area contributed by atoms with Gasteiger partial charge in [0.25, 0.3) is 0 Å². The van der Waals surface area contributed by atoms with Gasteiger partial charge in [-0.3, -0.25) is 0 Å². The summed E-state index contributed by atoms with van der Waals surface area (Å²) >= 11 is 0. The molecule has 1 aliphatic carbocycles. The van der Waals surface area contributed by atoms with E-state index in [4.69, 9.17) is 5.64 Å². The third-order valence-corrected chi connectivity index (χ3v) is 2.19. The standard InChI is InChI=1S/C7H15BN/c9-8-6-7-4-2-1-3-5-7/h7H,1-6,9H2. The van der Waals surface area contributed by atoms with Crippen molar-refractivity contribution < 1.29 is 0 Å². The fourth-order valence-electron chi connectivity index (χ4n) is 1.62. The second-order valence-corrected chi connectivity index (χ2v) is 2.98. The average molecular weight is 124 g/mol. The predicted molar refractivity (Wildman–Crippen MR) is 41.3 cm³/mol. The predicted octanol–water partition coefficient (Wildman–Crippen LogP) is 1.56. The lowest BCUT2D eigenvalue weighted by molar-refractivity contribution is 0.384. The van der Waals surface area contributed by atoms with E-state index in [1.54, 1.807) is 0 Å². The minimum absolute atomic E-state index is 0.920. The number of hydrogen-bond donors (Lipinski definition) is 1. The van der Waals surface area contributed by atoms with Crippen molar-refractivity contribution in [3.63, 3.8) is 0 Å². The minimum atomic E-state index is 0.920. The molecule has 0 heterocycles. The topological polar surface area (TPSA) is 26.0 Å². The van der Waals surface area contributed by atoms with Gasteiger partial charge in [0.15, 0.2) is 0 Å². The number of hydrogen-bond acceptors (Lipinski definition) is 1. The molecule has 1 radical (unpaired) electrons. The van der Waals surface area contributed by atoms with Crippen molar-refractivity contribution in [1.82, 2.24) is 0 Å². The highest BCUT2D eigenvalue weighted by Crippen LogP contribution is 2.25. The SMILES string of the molecule is N[B]CC1CCCCC1. The normalized spacial score (nSPS) is 21.9. The molecule has 2 heteroatoms. The van der Waals surface area contributed by atoms with Gasteiger partial charge in [0.05, 0.1) is 0 Å². The first kappa shape index (κ1) is 7.14. The largest absolute Gasteiger partial charge is 0.374 e. The van der Waals surface area contributed by atoms with Crippen molar-refractivity contribution in [3.8, 4) is 0 Å². The molecule has 1 aliphatic rings. The summed E-state index contributed by atoms with van der Waals surface area (Å²) in [6, 6.07) is 0. The first-order valence-electron chi connectivity index (χ1n) is 3.97. The first-order valence-corrected chi connectivity index (χ1v) is 3.97. The van der Waals surface area contributed by atoms with E-state index in [-0.39, 0.29) is 0 Å². The van der Waals surface area contributed by atoms with Gasteiger partial charge in [-0.15, -0.1) is 0 Å². The maximum atomic E-state index is 5.33. The van der Waals surface area contributed by atoms with Crippen molar-refractivity contribution in [2.24, 2.45) is 11.6 Å². The third kappa shape index (κ3) is 2.40. The zero-order valence-corrected chi connectivity index (χ0v) is 5.97. The van der Waals surface area contributed by atoms with Crippen LogP contribution in [0.4, 0.5) is 0 Å². The van der Waals surface area contributed by atoms with Gasteiger partial charge < -0.3 is 5.64 Å². The van der Waals surface area contributed by atoms with Gasteiger partial charge in [-0.2, -0.15) is 0 Å². The second-order valence-electron chi connectivity index (χ2n) is 2.98. The van der Waals surface area contributed by atoms with Crippen molar-refractivity contribution in [1.29, 1.82) is 0 Å². The van der Waals surface area contributed by atoms with Crippen molar-refractivity contribution in [2.75, 3.05) is 0 Å². The van der Waals surface area contributed by atoms with E-state index in [2.05, 4.69) is 0 Å². The Bertz CT molecular complexity index is 66.6. The van der Waals surface area contributed by atoms with Crippen LogP contribution < -0.4 is 5.64 Å². The Kier molecular flexibility index (Phi) is 3.12. The van der Waals surface area contributed by atoms with Crippen LogP contribution in [0.3, 0.4) is 0 Å². The molecule has 0 amide bonds. The van der Waals surface area contributed by atoms with E-state index in [1.807, 2.05) is 7.41 Å². The molecule has 0 bridgehead atoms. The summed E-state index contributed by atoms with van der Waals surface area (Å²) in [4.78, 5) is 0. The summed E-state index contributed by atoms with van der Waals surface area (Å²) in [5.41, 5.74) is 5.33. The van der Waals surface area contributed by atoms with Crippen LogP contribution in [0.2, 0.25) is 6.32 Å². The van der Waals surface area contributed by atoms with Crippen molar-refractivity contribution in [2.45, 2.75) is 38.4 Å². The van der Waals surface area contributed by atoms with Gasteiger partial charge in [-0.25, -0.2) is 0 Å². The summed E-state index contributed by atoms with van der Waals surface area (Å²) in [6.07, 6.45) is 8.26. The monoisotopic (exact) mass is 124 g/mol. The van der Waals surface area contributed by atoms with Gasteiger partial charge in [0.1, 0.15) is 0 Å². The average Bonchev–Trinajstić information content (AvgIpc) is 1.91. The van der Waals surface area contributed by atoms with Crippen molar-refractivity contribution in [3.05, 3.63) is 0 Å². The Morgan fingerprint density at radius 2 is 1.89 bits per heavy atom. The molecule has 0 aromatic carbocycles. The molecule has 0 atom stereocenters. The van der Waals surface area contributed by atoms with Crippen LogP contribution in [0.5, 0.6) is 0 Å². The fourth-order valence-corrected chi connectivity index (χ4v) is 1.62. The zero-order chi connectivity index (χ0) is 6.53. The summed E-state index contributed by atoms with van der Waals surface area (Å²) in [5.74, 6) is 0.920. The molecule has 9 heavy (non-hydrogen) atoms. The Labute approximate surface area is 58.3 Å². The lowest BCUT2D eigenvalue weighted by atomic mass is 9.75. The molecule has 2 N–H and O–H groups in total. The lowest BCUT2D eigenvalue weighted by Crippen LogP contribution is -2.13. The molecule has 0 aromatic heterocycles. The Morgan fingerprint density at radius 1 is 1.22 bits per heavy atom.